The summed E-state index contributed by atoms with van der Waals surface area (Å²) < 4.78 is 11.6. The Balaban J connectivity index is 1.53. The maximum Gasteiger partial charge on any atom is 0.162 e. The van der Waals surface area contributed by atoms with E-state index in [1.165, 1.54) is 28.7 Å². The van der Waals surface area contributed by atoms with E-state index in [0.29, 0.717) is 13.2 Å². The average Bonchev–Trinajstić information content (AvgIpc) is 2.84. The maximum atomic E-state index is 5.83. The predicted octanol–water partition coefficient (Wildman–Crippen LogP) is 5.13. The monoisotopic (exact) mass is 384 g/mol. The molecule has 0 radical (unpaired) electrons. The van der Waals surface area contributed by atoms with Crippen LogP contribution in [-0.4, -0.2) is 23.2 Å². The normalized spacial score (nSPS) is 19.2. The van der Waals surface area contributed by atoms with Crippen molar-refractivity contribution in [3.8, 4) is 11.5 Å². The van der Waals surface area contributed by atoms with Crippen molar-refractivity contribution in [1.29, 1.82) is 0 Å². The quantitative estimate of drug-likeness (QED) is 0.573. The van der Waals surface area contributed by atoms with Gasteiger partial charge in [0.15, 0.2) is 11.5 Å². The van der Waals surface area contributed by atoms with Gasteiger partial charge in [-0.1, -0.05) is 18.7 Å². The van der Waals surface area contributed by atoms with Crippen LogP contribution >= 0.6 is 23.1 Å². The summed E-state index contributed by atoms with van der Waals surface area (Å²) in [6.45, 7) is 3.76. The van der Waals surface area contributed by atoms with Crippen LogP contribution in [0.1, 0.15) is 30.2 Å². The highest BCUT2D eigenvalue weighted by molar-refractivity contribution is 7.99. The molecule has 5 rings (SSSR count). The van der Waals surface area contributed by atoms with Gasteiger partial charge in [-0.15, -0.1) is 11.3 Å². The Bertz CT molecular complexity index is 970. The van der Waals surface area contributed by atoms with Crippen molar-refractivity contribution in [3.05, 3.63) is 35.0 Å². The van der Waals surface area contributed by atoms with E-state index in [2.05, 4.69) is 29.0 Å². The summed E-state index contributed by atoms with van der Waals surface area (Å²) >= 11 is 3.54. The molecule has 1 aliphatic carbocycles. The Morgan fingerprint density at radius 3 is 2.96 bits per heavy atom. The fourth-order valence-electron chi connectivity index (χ4n) is 3.64. The highest BCUT2D eigenvalue weighted by atomic mass is 32.2. The van der Waals surface area contributed by atoms with E-state index in [9.17, 15) is 0 Å². The Hall–Kier alpha value is -1.79. The van der Waals surface area contributed by atoms with Gasteiger partial charge in [0.1, 0.15) is 16.2 Å². The maximum absolute atomic E-state index is 5.83. The molecule has 1 atom stereocenters. The molecule has 3 aromatic rings. The minimum atomic E-state index is 0.703. The first-order valence-electron chi connectivity index (χ1n) is 9.10. The van der Waals surface area contributed by atoms with Crippen molar-refractivity contribution in [3.63, 3.8) is 0 Å². The molecular weight excluding hydrogens is 364 g/mol. The summed E-state index contributed by atoms with van der Waals surface area (Å²) in [5.41, 5.74) is 1.47. The molecule has 2 aromatic heterocycles. The summed E-state index contributed by atoms with van der Waals surface area (Å²) in [6.07, 6.45) is 6.17. The van der Waals surface area contributed by atoms with Gasteiger partial charge in [-0.25, -0.2) is 9.97 Å². The summed E-state index contributed by atoms with van der Waals surface area (Å²) in [5.74, 6) is 2.43. The Morgan fingerprint density at radius 2 is 2.04 bits per heavy atom. The van der Waals surface area contributed by atoms with Gasteiger partial charge < -0.3 is 9.47 Å². The standard InChI is InChI=1S/C20H20N2O2S2/c1-12-3-5-14-17(9-12)26-20-18(14)19(21-11-22-20)25-13-4-6-15-16(10-13)24-8-2-7-23-15/h4,6,10-12H,2-3,5,7-9H2,1H3. The zero-order valence-corrected chi connectivity index (χ0v) is 16.3. The largest absolute Gasteiger partial charge is 0.490 e. The zero-order chi connectivity index (χ0) is 17.5. The van der Waals surface area contributed by atoms with Crippen LogP contribution in [-0.2, 0) is 12.8 Å². The topological polar surface area (TPSA) is 44.2 Å². The van der Waals surface area contributed by atoms with Crippen molar-refractivity contribution >= 4 is 33.3 Å². The Morgan fingerprint density at radius 1 is 1.15 bits per heavy atom. The molecule has 1 aliphatic heterocycles. The smallest absolute Gasteiger partial charge is 0.162 e. The van der Waals surface area contributed by atoms with Gasteiger partial charge in [0, 0.05) is 21.6 Å². The lowest BCUT2D eigenvalue weighted by Crippen LogP contribution is -2.08. The van der Waals surface area contributed by atoms with E-state index in [1.807, 2.05) is 17.4 Å². The average molecular weight is 385 g/mol. The van der Waals surface area contributed by atoms with Gasteiger partial charge in [-0.2, -0.15) is 0 Å². The second-order valence-electron chi connectivity index (χ2n) is 6.97. The third kappa shape index (κ3) is 2.95. The molecule has 1 aromatic carbocycles. The number of thiophene rings is 1. The molecule has 0 spiro atoms. The van der Waals surface area contributed by atoms with Crippen LogP contribution in [0, 0.1) is 5.92 Å². The van der Waals surface area contributed by atoms with E-state index in [-0.39, 0.29) is 0 Å². The Labute approximate surface area is 161 Å². The first-order chi connectivity index (χ1) is 12.8. The molecule has 2 aliphatic rings. The first-order valence-corrected chi connectivity index (χ1v) is 10.7. The SMILES string of the molecule is CC1CCc2c(sc3ncnc(Sc4ccc5c(c4)OCCCO5)c23)C1. The van der Waals surface area contributed by atoms with Crippen LogP contribution < -0.4 is 9.47 Å². The molecule has 6 heteroatoms. The fraction of sp³-hybridized carbons (Fsp3) is 0.400. The minimum Gasteiger partial charge on any atom is -0.490 e. The van der Waals surface area contributed by atoms with Gasteiger partial charge in [-0.3, -0.25) is 0 Å². The number of hydrogen-bond acceptors (Lipinski definition) is 6. The van der Waals surface area contributed by atoms with Crippen LogP contribution in [0.5, 0.6) is 11.5 Å². The number of rotatable bonds is 2. The van der Waals surface area contributed by atoms with Crippen molar-refractivity contribution in [2.24, 2.45) is 5.92 Å². The number of hydrogen-bond donors (Lipinski definition) is 0. The molecule has 0 saturated carbocycles. The molecule has 1 unspecified atom stereocenters. The molecule has 26 heavy (non-hydrogen) atoms. The van der Waals surface area contributed by atoms with Crippen LogP contribution in [0.3, 0.4) is 0 Å². The van der Waals surface area contributed by atoms with Crippen LogP contribution in [0.4, 0.5) is 0 Å². The zero-order valence-electron chi connectivity index (χ0n) is 14.7. The van der Waals surface area contributed by atoms with Crippen molar-refractivity contribution < 1.29 is 9.47 Å². The predicted molar refractivity (Wildman–Crippen MR) is 105 cm³/mol. The first kappa shape index (κ1) is 16.4. The molecule has 3 heterocycles. The van der Waals surface area contributed by atoms with E-state index in [1.54, 1.807) is 18.1 Å². The lowest BCUT2D eigenvalue weighted by atomic mass is 9.89. The van der Waals surface area contributed by atoms with E-state index >= 15 is 0 Å². The number of aryl methyl sites for hydroxylation is 1. The number of fused-ring (bicyclic) bond motifs is 4. The molecule has 0 N–H and O–H groups in total. The minimum absolute atomic E-state index is 0.703. The van der Waals surface area contributed by atoms with E-state index in [0.717, 1.165) is 45.0 Å². The highest BCUT2D eigenvalue weighted by Crippen LogP contribution is 2.43. The van der Waals surface area contributed by atoms with Crippen LogP contribution in [0.15, 0.2) is 34.4 Å². The Kier molecular flexibility index (Phi) is 4.25. The van der Waals surface area contributed by atoms with E-state index in [4.69, 9.17) is 9.47 Å². The summed E-state index contributed by atoms with van der Waals surface area (Å²) in [6, 6.07) is 6.17. The summed E-state index contributed by atoms with van der Waals surface area (Å²) in [5, 5.41) is 2.31. The highest BCUT2D eigenvalue weighted by Gasteiger charge is 2.23. The van der Waals surface area contributed by atoms with Crippen LogP contribution in [0.2, 0.25) is 0 Å². The van der Waals surface area contributed by atoms with Crippen molar-refractivity contribution in [2.75, 3.05) is 13.2 Å². The van der Waals surface area contributed by atoms with Crippen molar-refractivity contribution in [2.45, 2.75) is 42.5 Å². The molecule has 0 saturated heterocycles. The number of aromatic nitrogens is 2. The van der Waals surface area contributed by atoms with Gasteiger partial charge in [-0.05, 0) is 48.9 Å². The molecule has 0 fully saturated rings. The number of benzene rings is 1. The third-order valence-electron chi connectivity index (χ3n) is 4.99. The molecule has 0 bridgehead atoms. The van der Waals surface area contributed by atoms with Gasteiger partial charge in [0.05, 0.1) is 13.2 Å². The van der Waals surface area contributed by atoms with Crippen molar-refractivity contribution in [1.82, 2.24) is 9.97 Å². The van der Waals surface area contributed by atoms with Crippen LogP contribution in [0.25, 0.3) is 10.2 Å². The molecular formula is C20H20N2O2S2. The lowest BCUT2D eigenvalue weighted by molar-refractivity contribution is 0.297. The van der Waals surface area contributed by atoms with Gasteiger partial charge in [0.2, 0.25) is 0 Å². The summed E-state index contributed by atoms with van der Waals surface area (Å²) in [7, 11) is 0. The van der Waals surface area contributed by atoms with Gasteiger partial charge >= 0.3 is 0 Å². The summed E-state index contributed by atoms with van der Waals surface area (Å²) in [4.78, 5) is 12.9. The molecule has 0 amide bonds. The molecule has 134 valence electrons. The lowest BCUT2D eigenvalue weighted by Gasteiger charge is -2.18. The number of nitrogens with zero attached hydrogens (tertiary/aromatic N) is 2. The second-order valence-corrected chi connectivity index (χ2v) is 9.12. The van der Waals surface area contributed by atoms with Gasteiger partial charge in [0.25, 0.3) is 0 Å². The molecule has 4 nitrogen and oxygen atoms in total. The number of ether oxygens (including phenoxy) is 2. The van der Waals surface area contributed by atoms with E-state index < -0.39 is 0 Å². The fourth-order valence-corrected chi connectivity index (χ4v) is 6.00. The second kappa shape index (κ2) is 6.74. The third-order valence-corrected chi connectivity index (χ3v) is 7.15.